The van der Waals surface area contributed by atoms with Crippen LogP contribution in [-0.2, 0) is 14.8 Å². The van der Waals surface area contributed by atoms with Crippen LogP contribution in [0.2, 0.25) is 0 Å². The number of esters is 1. The van der Waals surface area contributed by atoms with Gasteiger partial charge in [0.15, 0.2) is 0 Å². The van der Waals surface area contributed by atoms with Gasteiger partial charge in [-0.05, 0) is 25.1 Å². The lowest BCUT2D eigenvalue weighted by atomic mass is 10.2. The lowest BCUT2D eigenvalue weighted by Crippen LogP contribution is -2.32. The van der Waals surface area contributed by atoms with E-state index >= 15 is 0 Å². The van der Waals surface area contributed by atoms with Crippen LogP contribution < -0.4 is 4.72 Å². The van der Waals surface area contributed by atoms with E-state index in [0.29, 0.717) is 0 Å². The zero-order chi connectivity index (χ0) is 14.6. The fourth-order valence-electron chi connectivity index (χ4n) is 1.35. The molecule has 0 spiro atoms. The van der Waals surface area contributed by atoms with Crippen molar-refractivity contribution in [1.29, 1.82) is 0 Å². The first kappa shape index (κ1) is 15.3. The van der Waals surface area contributed by atoms with Crippen LogP contribution in [0.3, 0.4) is 0 Å². The number of ether oxygens (including phenoxy) is 1. The molecule has 0 radical (unpaired) electrons. The minimum absolute atomic E-state index is 0.229. The second-order valence-corrected chi connectivity index (χ2v) is 5.46. The Morgan fingerprint density at radius 2 is 2.16 bits per heavy atom. The van der Waals surface area contributed by atoms with Gasteiger partial charge in [0.25, 0.3) is 0 Å². The highest BCUT2D eigenvalue weighted by Gasteiger charge is 2.24. The summed E-state index contributed by atoms with van der Waals surface area (Å²) in [6.07, 6.45) is 1.37. The van der Waals surface area contributed by atoms with Crippen LogP contribution in [0.1, 0.15) is 17.3 Å². The summed E-state index contributed by atoms with van der Waals surface area (Å²) >= 11 is 0. The fourth-order valence-corrected chi connectivity index (χ4v) is 2.77. The van der Waals surface area contributed by atoms with E-state index in [-0.39, 0.29) is 5.56 Å². The van der Waals surface area contributed by atoms with Crippen molar-refractivity contribution in [1.82, 2.24) is 4.72 Å². The standard InChI is InChI=1S/C12H14FNO4S/c1-4-8(2)14-19(16,17)11-7-9(13)5-6-10(11)12(15)18-3/h4-8,14H,1H2,2-3H3. The van der Waals surface area contributed by atoms with Crippen LogP contribution in [0.5, 0.6) is 0 Å². The minimum Gasteiger partial charge on any atom is -0.465 e. The first-order chi connectivity index (χ1) is 8.81. The van der Waals surface area contributed by atoms with Gasteiger partial charge < -0.3 is 4.74 Å². The Labute approximate surface area is 111 Å². The van der Waals surface area contributed by atoms with E-state index in [1.54, 1.807) is 6.92 Å². The van der Waals surface area contributed by atoms with E-state index in [2.05, 4.69) is 16.0 Å². The summed E-state index contributed by atoms with van der Waals surface area (Å²) in [7, 11) is -2.93. The molecule has 5 nitrogen and oxygen atoms in total. The predicted molar refractivity (Wildman–Crippen MR) is 67.7 cm³/mol. The number of carbonyl (C=O) groups excluding carboxylic acids is 1. The van der Waals surface area contributed by atoms with E-state index < -0.39 is 32.7 Å². The van der Waals surface area contributed by atoms with Gasteiger partial charge >= 0.3 is 5.97 Å². The summed E-state index contributed by atoms with van der Waals surface area (Å²) in [6.45, 7) is 4.99. The molecule has 0 saturated carbocycles. The zero-order valence-corrected chi connectivity index (χ0v) is 11.3. The number of nitrogens with one attached hydrogen (secondary N) is 1. The van der Waals surface area contributed by atoms with Crippen molar-refractivity contribution in [2.24, 2.45) is 0 Å². The Bertz CT molecular complexity index is 598. The van der Waals surface area contributed by atoms with Crippen molar-refractivity contribution in [3.63, 3.8) is 0 Å². The Morgan fingerprint density at radius 3 is 2.68 bits per heavy atom. The third-order valence-electron chi connectivity index (χ3n) is 2.33. The first-order valence-electron chi connectivity index (χ1n) is 5.34. The number of methoxy groups -OCH3 is 1. The Morgan fingerprint density at radius 1 is 1.53 bits per heavy atom. The van der Waals surface area contributed by atoms with Crippen LogP contribution in [0, 0.1) is 5.82 Å². The van der Waals surface area contributed by atoms with Gasteiger partial charge in [0.05, 0.1) is 17.6 Å². The molecule has 0 fully saturated rings. The summed E-state index contributed by atoms with van der Waals surface area (Å²) < 4.78 is 44.0. The molecule has 0 amide bonds. The van der Waals surface area contributed by atoms with Crippen molar-refractivity contribution in [2.75, 3.05) is 7.11 Å². The molecule has 0 heterocycles. The molecule has 0 saturated heterocycles. The molecule has 19 heavy (non-hydrogen) atoms. The second kappa shape index (κ2) is 5.94. The fraction of sp³-hybridized carbons (Fsp3) is 0.250. The van der Waals surface area contributed by atoms with Crippen LogP contribution >= 0.6 is 0 Å². The maximum Gasteiger partial charge on any atom is 0.339 e. The van der Waals surface area contributed by atoms with Gasteiger partial charge in [0, 0.05) is 6.04 Å². The Balaban J connectivity index is 3.35. The second-order valence-electron chi connectivity index (χ2n) is 3.78. The van der Waals surface area contributed by atoms with Crippen molar-refractivity contribution < 1.29 is 22.3 Å². The van der Waals surface area contributed by atoms with E-state index in [0.717, 1.165) is 25.3 Å². The maximum atomic E-state index is 13.2. The molecule has 7 heteroatoms. The molecule has 1 rings (SSSR count). The number of hydrogen-bond donors (Lipinski definition) is 1. The summed E-state index contributed by atoms with van der Waals surface area (Å²) in [4.78, 5) is 11.0. The summed E-state index contributed by atoms with van der Waals surface area (Å²) in [5.74, 6) is -1.62. The summed E-state index contributed by atoms with van der Waals surface area (Å²) in [5, 5.41) is 0. The molecule has 0 aliphatic carbocycles. The average molecular weight is 287 g/mol. The van der Waals surface area contributed by atoms with Gasteiger partial charge in [-0.3, -0.25) is 0 Å². The SMILES string of the molecule is C=CC(C)NS(=O)(=O)c1cc(F)ccc1C(=O)OC. The minimum atomic E-state index is -4.04. The van der Waals surface area contributed by atoms with E-state index in [1.165, 1.54) is 6.08 Å². The molecular formula is C12H14FNO4S. The van der Waals surface area contributed by atoms with Crippen molar-refractivity contribution >= 4 is 16.0 Å². The summed E-state index contributed by atoms with van der Waals surface area (Å²) in [6, 6.07) is 2.26. The smallest absolute Gasteiger partial charge is 0.339 e. The van der Waals surface area contributed by atoms with Gasteiger partial charge in [0.1, 0.15) is 5.82 Å². The lowest BCUT2D eigenvalue weighted by Gasteiger charge is -2.13. The molecule has 1 aromatic rings. The highest BCUT2D eigenvalue weighted by molar-refractivity contribution is 7.89. The van der Waals surface area contributed by atoms with E-state index in [1.807, 2.05) is 0 Å². The molecule has 0 aromatic heterocycles. The zero-order valence-electron chi connectivity index (χ0n) is 10.5. The first-order valence-corrected chi connectivity index (χ1v) is 6.83. The third-order valence-corrected chi connectivity index (χ3v) is 3.93. The predicted octanol–water partition coefficient (Wildman–Crippen LogP) is 1.47. The number of rotatable bonds is 5. The molecule has 1 unspecified atom stereocenters. The average Bonchev–Trinajstić information content (AvgIpc) is 2.37. The number of halogens is 1. The van der Waals surface area contributed by atoms with Crippen molar-refractivity contribution in [3.8, 4) is 0 Å². The quantitative estimate of drug-likeness (QED) is 0.657. The third kappa shape index (κ3) is 3.62. The molecular weight excluding hydrogens is 273 g/mol. The molecule has 0 aliphatic rings. The Kier molecular flexibility index (Phi) is 4.79. The molecule has 1 aromatic carbocycles. The topological polar surface area (TPSA) is 72.5 Å². The Hall–Kier alpha value is -1.73. The van der Waals surface area contributed by atoms with Crippen molar-refractivity contribution in [2.45, 2.75) is 17.9 Å². The molecule has 1 N–H and O–H groups in total. The number of sulfonamides is 1. The maximum absolute atomic E-state index is 13.2. The van der Waals surface area contributed by atoms with Gasteiger partial charge in [-0.2, -0.15) is 0 Å². The van der Waals surface area contributed by atoms with E-state index in [4.69, 9.17) is 0 Å². The molecule has 1 atom stereocenters. The monoisotopic (exact) mass is 287 g/mol. The summed E-state index contributed by atoms with van der Waals surface area (Å²) in [5.41, 5.74) is -0.229. The number of hydrogen-bond acceptors (Lipinski definition) is 4. The number of benzene rings is 1. The van der Waals surface area contributed by atoms with Gasteiger partial charge in [-0.1, -0.05) is 6.08 Å². The molecule has 0 bridgehead atoms. The normalized spacial score (nSPS) is 12.8. The van der Waals surface area contributed by atoms with Crippen LogP contribution in [0.4, 0.5) is 4.39 Å². The molecule has 0 aliphatic heterocycles. The van der Waals surface area contributed by atoms with E-state index in [9.17, 15) is 17.6 Å². The van der Waals surface area contributed by atoms with Crippen LogP contribution in [-0.4, -0.2) is 27.5 Å². The largest absolute Gasteiger partial charge is 0.465 e. The molecule has 104 valence electrons. The van der Waals surface area contributed by atoms with Crippen LogP contribution in [0.15, 0.2) is 35.7 Å². The highest BCUT2D eigenvalue weighted by atomic mass is 32.2. The number of carbonyl (C=O) groups is 1. The van der Waals surface area contributed by atoms with Crippen LogP contribution in [0.25, 0.3) is 0 Å². The van der Waals surface area contributed by atoms with Gasteiger partial charge in [0.2, 0.25) is 10.0 Å². The van der Waals surface area contributed by atoms with Gasteiger partial charge in [-0.25, -0.2) is 22.3 Å². The lowest BCUT2D eigenvalue weighted by molar-refractivity contribution is 0.0596. The highest BCUT2D eigenvalue weighted by Crippen LogP contribution is 2.18. The van der Waals surface area contributed by atoms with Crippen molar-refractivity contribution in [3.05, 3.63) is 42.2 Å². The van der Waals surface area contributed by atoms with Gasteiger partial charge in [-0.15, -0.1) is 6.58 Å².